The zero-order valence-electron chi connectivity index (χ0n) is 9.78. The maximum absolute atomic E-state index is 13.0. The van der Waals surface area contributed by atoms with E-state index in [1.165, 1.54) is 6.07 Å². The summed E-state index contributed by atoms with van der Waals surface area (Å²) in [5.74, 6) is -1.32. The number of benzene rings is 1. The van der Waals surface area contributed by atoms with E-state index in [9.17, 15) is 8.78 Å². The second-order valence-corrected chi connectivity index (χ2v) is 3.85. The van der Waals surface area contributed by atoms with Crippen molar-refractivity contribution in [3.8, 4) is 11.6 Å². The highest BCUT2D eigenvalue weighted by Gasteiger charge is 2.07. The average Bonchev–Trinajstić information content (AvgIpc) is 2.36. The van der Waals surface area contributed by atoms with E-state index in [1.807, 2.05) is 6.07 Å². The molecule has 1 aromatic heterocycles. The molecule has 2 aromatic rings. The Balaban J connectivity index is 2.25. The van der Waals surface area contributed by atoms with Gasteiger partial charge in [-0.15, -0.1) is 0 Å². The van der Waals surface area contributed by atoms with Gasteiger partial charge in [0.1, 0.15) is 5.75 Å². The number of nitrogens with two attached hydrogens (primary N) is 1. The van der Waals surface area contributed by atoms with Crippen molar-refractivity contribution in [2.75, 3.05) is 0 Å². The molecule has 0 fully saturated rings. The standard InChI is InChI=1S/C13H12F2N2O/c1-8-4-9(6-16)7-17-13(8)18-10-2-3-11(14)12(15)5-10/h2-5,7H,6,16H2,1H3. The van der Waals surface area contributed by atoms with Gasteiger partial charge in [0.2, 0.25) is 5.88 Å². The van der Waals surface area contributed by atoms with Gasteiger partial charge >= 0.3 is 0 Å². The van der Waals surface area contributed by atoms with Gasteiger partial charge in [0.15, 0.2) is 11.6 Å². The second kappa shape index (κ2) is 5.10. The van der Waals surface area contributed by atoms with Crippen LogP contribution in [0.25, 0.3) is 0 Å². The van der Waals surface area contributed by atoms with Crippen LogP contribution in [0.1, 0.15) is 11.1 Å². The molecule has 0 aliphatic rings. The van der Waals surface area contributed by atoms with Gasteiger partial charge in [0, 0.05) is 24.4 Å². The predicted molar refractivity (Wildman–Crippen MR) is 63.3 cm³/mol. The van der Waals surface area contributed by atoms with Gasteiger partial charge in [0.25, 0.3) is 0 Å². The number of rotatable bonds is 3. The lowest BCUT2D eigenvalue weighted by Gasteiger charge is -2.08. The molecule has 0 aliphatic heterocycles. The Bertz CT molecular complexity index is 573. The topological polar surface area (TPSA) is 48.1 Å². The van der Waals surface area contributed by atoms with Gasteiger partial charge in [-0.25, -0.2) is 13.8 Å². The Hall–Kier alpha value is -2.01. The number of aromatic nitrogens is 1. The van der Waals surface area contributed by atoms with Crippen molar-refractivity contribution in [1.82, 2.24) is 4.98 Å². The van der Waals surface area contributed by atoms with Crippen LogP contribution in [-0.2, 0) is 6.54 Å². The molecule has 1 aromatic carbocycles. The van der Waals surface area contributed by atoms with Gasteiger partial charge in [-0.3, -0.25) is 0 Å². The Morgan fingerprint density at radius 2 is 2.00 bits per heavy atom. The van der Waals surface area contributed by atoms with E-state index in [0.29, 0.717) is 12.4 Å². The van der Waals surface area contributed by atoms with Crippen molar-refractivity contribution in [2.24, 2.45) is 5.73 Å². The quantitative estimate of drug-likeness (QED) is 0.911. The zero-order chi connectivity index (χ0) is 13.1. The summed E-state index contributed by atoms with van der Waals surface area (Å²) in [6, 6.07) is 5.17. The molecule has 0 amide bonds. The minimum absolute atomic E-state index is 0.199. The second-order valence-electron chi connectivity index (χ2n) is 3.85. The Morgan fingerprint density at radius 1 is 1.22 bits per heavy atom. The van der Waals surface area contributed by atoms with Crippen LogP contribution in [0.2, 0.25) is 0 Å². The fourth-order valence-corrected chi connectivity index (χ4v) is 1.49. The van der Waals surface area contributed by atoms with Crippen molar-refractivity contribution >= 4 is 0 Å². The minimum atomic E-state index is -0.955. The molecule has 1 heterocycles. The maximum atomic E-state index is 13.0. The maximum Gasteiger partial charge on any atom is 0.222 e. The monoisotopic (exact) mass is 250 g/mol. The van der Waals surface area contributed by atoms with Crippen molar-refractivity contribution < 1.29 is 13.5 Å². The number of pyridine rings is 1. The Labute approximate surface area is 103 Å². The molecule has 0 radical (unpaired) electrons. The van der Waals surface area contributed by atoms with E-state index in [1.54, 1.807) is 13.1 Å². The van der Waals surface area contributed by atoms with E-state index in [0.717, 1.165) is 23.3 Å². The summed E-state index contributed by atoms with van der Waals surface area (Å²) in [6.45, 7) is 2.20. The third-order valence-corrected chi connectivity index (χ3v) is 2.43. The molecule has 3 nitrogen and oxygen atoms in total. The van der Waals surface area contributed by atoms with Gasteiger partial charge < -0.3 is 10.5 Å². The van der Waals surface area contributed by atoms with E-state index in [2.05, 4.69) is 4.98 Å². The van der Waals surface area contributed by atoms with E-state index >= 15 is 0 Å². The summed E-state index contributed by atoms with van der Waals surface area (Å²) in [4.78, 5) is 4.08. The fourth-order valence-electron chi connectivity index (χ4n) is 1.49. The van der Waals surface area contributed by atoms with E-state index < -0.39 is 11.6 Å². The molecule has 18 heavy (non-hydrogen) atoms. The average molecular weight is 250 g/mol. The highest BCUT2D eigenvalue weighted by Crippen LogP contribution is 2.24. The van der Waals surface area contributed by atoms with Crippen LogP contribution in [0, 0.1) is 18.6 Å². The normalized spacial score (nSPS) is 10.4. The molecule has 0 spiro atoms. The van der Waals surface area contributed by atoms with E-state index in [-0.39, 0.29) is 5.75 Å². The third-order valence-electron chi connectivity index (χ3n) is 2.43. The molecular weight excluding hydrogens is 238 g/mol. The van der Waals surface area contributed by atoms with Crippen LogP contribution in [0.3, 0.4) is 0 Å². The summed E-state index contributed by atoms with van der Waals surface area (Å²) in [7, 11) is 0. The van der Waals surface area contributed by atoms with Crippen LogP contribution >= 0.6 is 0 Å². The molecule has 5 heteroatoms. The third kappa shape index (κ3) is 2.62. The van der Waals surface area contributed by atoms with Gasteiger partial charge in [-0.2, -0.15) is 0 Å². The summed E-state index contributed by atoms with van der Waals surface area (Å²) in [6.07, 6.45) is 1.59. The lowest BCUT2D eigenvalue weighted by atomic mass is 10.2. The molecule has 0 aliphatic carbocycles. The first-order valence-electron chi connectivity index (χ1n) is 5.38. The summed E-state index contributed by atoms with van der Waals surface area (Å²) < 4.78 is 31.2. The Kier molecular flexibility index (Phi) is 3.53. The molecule has 2 N–H and O–H groups in total. The first kappa shape index (κ1) is 12.4. The lowest BCUT2D eigenvalue weighted by molar-refractivity contribution is 0.444. The Morgan fingerprint density at radius 3 is 2.61 bits per heavy atom. The van der Waals surface area contributed by atoms with Crippen LogP contribution in [0.15, 0.2) is 30.5 Å². The molecule has 94 valence electrons. The predicted octanol–water partition coefficient (Wildman–Crippen LogP) is 2.92. The summed E-state index contributed by atoms with van der Waals surface area (Å²) >= 11 is 0. The van der Waals surface area contributed by atoms with E-state index in [4.69, 9.17) is 10.5 Å². The summed E-state index contributed by atoms with van der Waals surface area (Å²) in [5, 5.41) is 0. The van der Waals surface area contributed by atoms with Gasteiger partial charge in [0.05, 0.1) is 0 Å². The molecule has 2 rings (SSSR count). The number of hydrogen-bond acceptors (Lipinski definition) is 3. The van der Waals surface area contributed by atoms with Crippen molar-refractivity contribution in [1.29, 1.82) is 0 Å². The smallest absolute Gasteiger partial charge is 0.222 e. The highest BCUT2D eigenvalue weighted by molar-refractivity contribution is 5.34. The summed E-state index contributed by atoms with van der Waals surface area (Å²) in [5.41, 5.74) is 7.15. The van der Waals surface area contributed by atoms with Crippen LogP contribution < -0.4 is 10.5 Å². The van der Waals surface area contributed by atoms with Gasteiger partial charge in [-0.1, -0.05) is 0 Å². The number of ether oxygens (including phenoxy) is 1. The minimum Gasteiger partial charge on any atom is -0.439 e. The molecule has 0 bridgehead atoms. The molecule has 0 saturated heterocycles. The SMILES string of the molecule is Cc1cc(CN)cnc1Oc1ccc(F)c(F)c1. The number of hydrogen-bond donors (Lipinski definition) is 1. The molecular formula is C13H12F2N2O. The van der Waals surface area contributed by atoms with Crippen molar-refractivity contribution in [2.45, 2.75) is 13.5 Å². The number of nitrogens with zero attached hydrogens (tertiary/aromatic N) is 1. The highest BCUT2D eigenvalue weighted by atomic mass is 19.2. The van der Waals surface area contributed by atoms with Crippen LogP contribution in [0.5, 0.6) is 11.6 Å². The van der Waals surface area contributed by atoms with Gasteiger partial charge in [-0.05, 0) is 30.7 Å². The van der Waals surface area contributed by atoms with Crippen molar-refractivity contribution in [3.63, 3.8) is 0 Å². The van der Waals surface area contributed by atoms with Crippen LogP contribution in [0.4, 0.5) is 8.78 Å². The molecule has 0 atom stereocenters. The lowest BCUT2D eigenvalue weighted by Crippen LogP contribution is -1.99. The van der Waals surface area contributed by atoms with Crippen molar-refractivity contribution in [3.05, 3.63) is 53.2 Å². The first-order chi connectivity index (χ1) is 8.60. The fraction of sp³-hybridized carbons (Fsp3) is 0.154. The number of halogens is 2. The number of aryl methyl sites for hydroxylation is 1. The molecule has 0 unspecified atom stereocenters. The largest absolute Gasteiger partial charge is 0.439 e. The molecule has 0 saturated carbocycles. The van der Waals surface area contributed by atoms with Crippen LogP contribution in [-0.4, -0.2) is 4.98 Å². The first-order valence-corrected chi connectivity index (χ1v) is 5.38. The zero-order valence-corrected chi connectivity index (χ0v) is 9.78.